The van der Waals surface area contributed by atoms with Crippen LogP contribution in [-0.4, -0.2) is 23.9 Å². The Balaban J connectivity index is 1.98. The van der Waals surface area contributed by atoms with Crippen LogP contribution in [0, 0.1) is 5.82 Å². The molecule has 1 amide bonds. The van der Waals surface area contributed by atoms with E-state index in [0.29, 0.717) is 16.3 Å². The fraction of sp³-hybridized carbons (Fsp3) is 0.0833. The van der Waals surface area contributed by atoms with Crippen LogP contribution in [0.3, 0.4) is 0 Å². The van der Waals surface area contributed by atoms with Gasteiger partial charge in [-0.05, 0) is 48.0 Å². The minimum atomic E-state index is -0.966. The molecule has 1 fully saturated rings. The second-order valence-corrected chi connectivity index (χ2v) is 7.34. The molecule has 1 heterocycles. The van der Waals surface area contributed by atoms with Crippen LogP contribution in [0.5, 0.6) is 5.75 Å². The maximum absolute atomic E-state index is 13.6. The maximum atomic E-state index is 13.6. The van der Waals surface area contributed by atoms with Gasteiger partial charge in [0.25, 0.3) is 11.7 Å². The van der Waals surface area contributed by atoms with Crippen LogP contribution in [0.4, 0.5) is 10.1 Å². The van der Waals surface area contributed by atoms with Crippen molar-refractivity contribution in [1.29, 1.82) is 0 Å². The summed E-state index contributed by atoms with van der Waals surface area (Å²) in [4.78, 5) is 27.4. The molecule has 0 aliphatic carbocycles. The van der Waals surface area contributed by atoms with Crippen LogP contribution in [0.1, 0.15) is 17.2 Å². The Morgan fingerprint density at radius 1 is 1.03 bits per heavy atom. The number of benzene rings is 3. The summed E-state index contributed by atoms with van der Waals surface area (Å²) in [5.74, 6) is -2.27. The Morgan fingerprint density at radius 3 is 2.35 bits per heavy atom. The number of amides is 1. The van der Waals surface area contributed by atoms with E-state index < -0.39 is 29.3 Å². The zero-order chi connectivity index (χ0) is 22.1. The van der Waals surface area contributed by atoms with Gasteiger partial charge in [-0.3, -0.25) is 14.5 Å². The number of nitrogens with zero attached hydrogens (tertiary/aromatic N) is 1. The molecule has 1 atom stereocenters. The smallest absolute Gasteiger partial charge is 0.300 e. The molecular weight excluding hydrogens is 421 g/mol. The highest BCUT2D eigenvalue weighted by atomic mass is 35.5. The summed E-state index contributed by atoms with van der Waals surface area (Å²) >= 11 is 6.09. The van der Waals surface area contributed by atoms with Gasteiger partial charge in [-0.15, -0.1) is 0 Å². The van der Waals surface area contributed by atoms with E-state index in [2.05, 4.69) is 0 Å². The molecule has 0 saturated carbocycles. The lowest BCUT2D eigenvalue weighted by Gasteiger charge is -2.25. The highest BCUT2D eigenvalue weighted by Gasteiger charge is 2.47. The summed E-state index contributed by atoms with van der Waals surface area (Å²) in [5, 5.41) is 11.5. The predicted octanol–water partition coefficient (Wildman–Crippen LogP) is 5.11. The molecule has 0 bridgehead atoms. The summed E-state index contributed by atoms with van der Waals surface area (Å²) in [6.07, 6.45) is 0. The summed E-state index contributed by atoms with van der Waals surface area (Å²) in [6, 6.07) is 17.7. The third-order valence-electron chi connectivity index (χ3n) is 5.08. The lowest BCUT2D eigenvalue weighted by atomic mass is 9.95. The Bertz CT molecular complexity index is 1190. The Labute approximate surface area is 182 Å². The number of methoxy groups -OCH3 is 1. The topological polar surface area (TPSA) is 66.8 Å². The van der Waals surface area contributed by atoms with Crippen LogP contribution in [0.2, 0.25) is 5.02 Å². The highest BCUT2D eigenvalue weighted by Crippen LogP contribution is 2.43. The third kappa shape index (κ3) is 3.66. The zero-order valence-corrected chi connectivity index (χ0v) is 17.1. The fourth-order valence-corrected chi connectivity index (χ4v) is 3.83. The van der Waals surface area contributed by atoms with Gasteiger partial charge < -0.3 is 9.84 Å². The first kappa shape index (κ1) is 20.6. The zero-order valence-electron chi connectivity index (χ0n) is 16.4. The molecule has 1 saturated heterocycles. The number of hydrogen-bond donors (Lipinski definition) is 1. The molecule has 1 unspecified atom stereocenters. The lowest BCUT2D eigenvalue weighted by molar-refractivity contribution is -0.132. The number of aliphatic hydroxyl groups is 1. The minimum Gasteiger partial charge on any atom is -0.507 e. The van der Waals surface area contributed by atoms with Gasteiger partial charge in [-0.25, -0.2) is 4.39 Å². The van der Waals surface area contributed by atoms with E-state index in [1.165, 1.54) is 42.3 Å². The van der Waals surface area contributed by atoms with E-state index in [-0.39, 0.29) is 16.9 Å². The largest absolute Gasteiger partial charge is 0.507 e. The molecule has 1 aliphatic rings. The number of carbonyl (C=O) groups is 2. The monoisotopic (exact) mass is 437 g/mol. The Morgan fingerprint density at radius 2 is 1.71 bits per heavy atom. The predicted molar refractivity (Wildman–Crippen MR) is 116 cm³/mol. The van der Waals surface area contributed by atoms with Gasteiger partial charge in [0.15, 0.2) is 0 Å². The van der Waals surface area contributed by atoms with Crippen molar-refractivity contribution < 1.29 is 23.8 Å². The van der Waals surface area contributed by atoms with Crippen LogP contribution in [0.25, 0.3) is 5.76 Å². The molecule has 0 radical (unpaired) electrons. The van der Waals surface area contributed by atoms with E-state index in [1.54, 1.807) is 42.5 Å². The second-order valence-electron chi connectivity index (χ2n) is 6.90. The number of aliphatic hydroxyl groups excluding tert-OH is 1. The number of anilines is 1. The SMILES string of the molecule is COc1ccc(Cl)cc1/C(O)=C1\C(=O)C(=O)N(c2ccccc2)C1c1ccc(F)cc1. The van der Waals surface area contributed by atoms with E-state index in [0.717, 1.165) is 0 Å². The molecule has 7 heteroatoms. The summed E-state index contributed by atoms with van der Waals surface area (Å²) in [7, 11) is 1.42. The van der Waals surface area contributed by atoms with Gasteiger partial charge in [0.05, 0.1) is 24.3 Å². The number of ketones is 1. The average Bonchev–Trinajstić information content (AvgIpc) is 3.05. The summed E-state index contributed by atoms with van der Waals surface area (Å²) < 4.78 is 18.9. The molecule has 31 heavy (non-hydrogen) atoms. The van der Waals surface area contributed by atoms with Gasteiger partial charge in [0.2, 0.25) is 0 Å². The van der Waals surface area contributed by atoms with E-state index in [4.69, 9.17) is 16.3 Å². The molecule has 0 spiro atoms. The second kappa shape index (κ2) is 8.24. The molecule has 3 aromatic carbocycles. The molecule has 156 valence electrons. The Kier molecular flexibility index (Phi) is 5.48. The van der Waals surface area contributed by atoms with Gasteiger partial charge in [0, 0.05) is 10.7 Å². The first-order valence-corrected chi connectivity index (χ1v) is 9.75. The van der Waals surface area contributed by atoms with Gasteiger partial charge in [0.1, 0.15) is 17.3 Å². The van der Waals surface area contributed by atoms with E-state index in [9.17, 15) is 19.1 Å². The molecule has 1 N–H and O–H groups in total. The molecule has 5 nitrogen and oxygen atoms in total. The third-order valence-corrected chi connectivity index (χ3v) is 5.32. The van der Waals surface area contributed by atoms with Crippen molar-refractivity contribution >= 4 is 34.7 Å². The average molecular weight is 438 g/mol. The molecular formula is C24H17ClFNO4. The van der Waals surface area contributed by atoms with Crippen LogP contribution in [0.15, 0.2) is 78.4 Å². The first-order chi connectivity index (χ1) is 14.9. The van der Waals surface area contributed by atoms with Gasteiger partial charge in [-0.1, -0.05) is 41.9 Å². The number of rotatable bonds is 4. The minimum absolute atomic E-state index is 0.138. The molecule has 3 aromatic rings. The molecule has 1 aliphatic heterocycles. The molecule has 0 aromatic heterocycles. The van der Waals surface area contributed by atoms with Crippen molar-refractivity contribution in [2.45, 2.75) is 6.04 Å². The number of ether oxygens (including phenoxy) is 1. The van der Waals surface area contributed by atoms with E-state index in [1.807, 2.05) is 0 Å². The van der Waals surface area contributed by atoms with Crippen molar-refractivity contribution in [1.82, 2.24) is 0 Å². The first-order valence-electron chi connectivity index (χ1n) is 9.38. The van der Waals surface area contributed by atoms with Crippen molar-refractivity contribution in [2.75, 3.05) is 12.0 Å². The highest BCUT2D eigenvalue weighted by molar-refractivity contribution is 6.51. The summed E-state index contributed by atoms with van der Waals surface area (Å²) in [5.41, 5.74) is 0.970. The van der Waals surface area contributed by atoms with Crippen molar-refractivity contribution in [3.63, 3.8) is 0 Å². The van der Waals surface area contributed by atoms with E-state index >= 15 is 0 Å². The molecule has 4 rings (SSSR count). The van der Waals surface area contributed by atoms with Crippen molar-refractivity contribution in [3.05, 3.63) is 100 Å². The van der Waals surface area contributed by atoms with Crippen molar-refractivity contribution in [3.8, 4) is 5.75 Å². The lowest BCUT2D eigenvalue weighted by Crippen LogP contribution is -2.29. The standard InChI is InChI=1S/C24H17ClFNO4/c1-31-19-12-9-15(25)13-18(19)22(28)20-21(14-7-10-16(26)11-8-14)27(24(30)23(20)29)17-5-3-2-4-6-17/h2-13,21,28H,1H3/b22-20+. The number of para-hydroxylation sites is 1. The number of Topliss-reactive ketones (excluding diaryl/α,β-unsaturated/α-hetero) is 1. The normalized spacial score (nSPS) is 17.8. The number of halogens is 2. The van der Waals surface area contributed by atoms with Crippen LogP contribution < -0.4 is 9.64 Å². The van der Waals surface area contributed by atoms with Crippen LogP contribution >= 0.6 is 11.6 Å². The maximum Gasteiger partial charge on any atom is 0.300 e. The van der Waals surface area contributed by atoms with Gasteiger partial charge in [-0.2, -0.15) is 0 Å². The quantitative estimate of drug-likeness (QED) is 0.350. The van der Waals surface area contributed by atoms with Crippen molar-refractivity contribution in [2.24, 2.45) is 0 Å². The fourth-order valence-electron chi connectivity index (χ4n) is 3.66. The number of carbonyl (C=O) groups excluding carboxylic acids is 2. The van der Waals surface area contributed by atoms with Crippen LogP contribution in [-0.2, 0) is 9.59 Å². The van der Waals surface area contributed by atoms with Gasteiger partial charge >= 0.3 is 0 Å². The summed E-state index contributed by atoms with van der Waals surface area (Å²) in [6.45, 7) is 0. The number of hydrogen-bond acceptors (Lipinski definition) is 4. The Hall–Kier alpha value is -3.64.